The smallest absolute Gasteiger partial charge is 0.410 e. The zero-order chi connectivity index (χ0) is 18.2. The SMILES string of the molecule is CN(C)CCCCC1CCC(N(C)C(=O)Oc2ccc(Br)cc2)CC1. The van der Waals surface area contributed by atoms with Crippen molar-refractivity contribution in [2.45, 2.75) is 51.0 Å². The third kappa shape index (κ3) is 6.98. The van der Waals surface area contributed by atoms with Crippen molar-refractivity contribution in [3.63, 3.8) is 0 Å². The first-order chi connectivity index (χ1) is 12.0. The molecule has 25 heavy (non-hydrogen) atoms. The number of rotatable bonds is 7. The van der Waals surface area contributed by atoms with Gasteiger partial charge in [0.2, 0.25) is 0 Å². The largest absolute Gasteiger partial charge is 0.415 e. The fourth-order valence-electron chi connectivity index (χ4n) is 3.51. The molecule has 0 aromatic heterocycles. The van der Waals surface area contributed by atoms with Gasteiger partial charge in [-0.25, -0.2) is 4.79 Å². The zero-order valence-electron chi connectivity index (χ0n) is 15.7. The summed E-state index contributed by atoms with van der Waals surface area (Å²) >= 11 is 3.38. The molecule has 1 aliphatic rings. The highest BCUT2D eigenvalue weighted by Gasteiger charge is 2.27. The molecule has 0 radical (unpaired) electrons. The first-order valence-corrected chi connectivity index (χ1v) is 10.1. The highest BCUT2D eigenvalue weighted by molar-refractivity contribution is 9.10. The summed E-state index contributed by atoms with van der Waals surface area (Å²) in [5.74, 6) is 1.42. The fourth-order valence-corrected chi connectivity index (χ4v) is 3.77. The van der Waals surface area contributed by atoms with Crippen molar-refractivity contribution in [2.24, 2.45) is 5.92 Å². The van der Waals surface area contributed by atoms with Crippen LogP contribution in [0, 0.1) is 5.92 Å². The summed E-state index contributed by atoms with van der Waals surface area (Å²) < 4.78 is 6.45. The Morgan fingerprint density at radius 1 is 1.08 bits per heavy atom. The van der Waals surface area contributed by atoms with Crippen molar-refractivity contribution in [3.05, 3.63) is 28.7 Å². The first-order valence-electron chi connectivity index (χ1n) is 9.30. The van der Waals surface area contributed by atoms with Gasteiger partial charge in [-0.1, -0.05) is 28.8 Å². The Labute approximate surface area is 160 Å². The van der Waals surface area contributed by atoms with E-state index in [4.69, 9.17) is 4.74 Å². The molecule has 0 saturated heterocycles. The van der Waals surface area contributed by atoms with Crippen molar-refractivity contribution in [1.82, 2.24) is 9.80 Å². The number of carbonyl (C=O) groups excluding carboxylic acids is 1. The molecule has 0 aliphatic heterocycles. The Morgan fingerprint density at radius 2 is 1.72 bits per heavy atom. The number of nitrogens with zero attached hydrogens (tertiary/aromatic N) is 2. The summed E-state index contributed by atoms with van der Waals surface area (Å²) in [7, 11) is 6.13. The fraction of sp³-hybridized carbons (Fsp3) is 0.650. The number of unbranched alkanes of at least 4 members (excludes halogenated alkanes) is 1. The molecule has 0 bridgehead atoms. The standard InChI is InChI=1S/C20H31BrN2O2/c1-22(2)15-5-4-6-16-7-11-18(12-8-16)23(3)20(24)25-19-13-9-17(21)10-14-19/h9-10,13-14,16,18H,4-8,11-12,15H2,1-3H3. The second kappa shape index (κ2) is 10.2. The van der Waals surface area contributed by atoms with Crippen LogP contribution in [0.5, 0.6) is 5.75 Å². The van der Waals surface area contributed by atoms with E-state index in [2.05, 4.69) is 34.9 Å². The minimum Gasteiger partial charge on any atom is -0.410 e. The average molecular weight is 411 g/mol. The van der Waals surface area contributed by atoms with Crippen molar-refractivity contribution in [2.75, 3.05) is 27.7 Å². The van der Waals surface area contributed by atoms with Crippen LogP contribution in [0.2, 0.25) is 0 Å². The maximum Gasteiger partial charge on any atom is 0.415 e. The van der Waals surface area contributed by atoms with E-state index in [1.807, 2.05) is 19.2 Å². The number of carbonyl (C=O) groups is 1. The number of hydrogen-bond acceptors (Lipinski definition) is 3. The minimum atomic E-state index is -0.253. The van der Waals surface area contributed by atoms with E-state index in [1.54, 1.807) is 17.0 Å². The van der Waals surface area contributed by atoms with Crippen LogP contribution in [0.15, 0.2) is 28.7 Å². The van der Waals surface area contributed by atoms with E-state index < -0.39 is 0 Å². The minimum absolute atomic E-state index is 0.253. The van der Waals surface area contributed by atoms with E-state index in [0.29, 0.717) is 11.8 Å². The predicted molar refractivity (Wildman–Crippen MR) is 106 cm³/mol. The van der Waals surface area contributed by atoms with Gasteiger partial charge in [0.05, 0.1) is 0 Å². The van der Waals surface area contributed by atoms with Crippen molar-refractivity contribution in [3.8, 4) is 5.75 Å². The number of benzene rings is 1. The van der Waals surface area contributed by atoms with Crippen molar-refractivity contribution < 1.29 is 9.53 Å². The summed E-state index contributed by atoms with van der Waals surface area (Å²) in [5.41, 5.74) is 0. The lowest BCUT2D eigenvalue weighted by molar-refractivity contribution is 0.123. The second-order valence-electron chi connectivity index (χ2n) is 7.41. The van der Waals surface area contributed by atoms with Gasteiger partial charge in [0, 0.05) is 17.6 Å². The molecule has 2 rings (SSSR count). The third-order valence-corrected chi connectivity index (χ3v) is 5.67. The van der Waals surface area contributed by atoms with Gasteiger partial charge in [0.15, 0.2) is 0 Å². The monoisotopic (exact) mass is 410 g/mol. The molecule has 0 heterocycles. The van der Waals surface area contributed by atoms with Gasteiger partial charge in [0.1, 0.15) is 5.75 Å². The number of hydrogen-bond donors (Lipinski definition) is 0. The molecule has 1 fully saturated rings. The zero-order valence-corrected chi connectivity index (χ0v) is 17.3. The van der Waals surface area contributed by atoms with Crippen LogP contribution < -0.4 is 4.74 Å². The van der Waals surface area contributed by atoms with Crippen LogP contribution in [-0.4, -0.2) is 49.6 Å². The molecule has 1 amide bonds. The Morgan fingerprint density at radius 3 is 2.32 bits per heavy atom. The van der Waals surface area contributed by atoms with Crippen LogP contribution in [0.3, 0.4) is 0 Å². The van der Waals surface area contributed by atoms with E-state index in [0.717, 1.165) is 23.2 Å². The van der Waals surface area contributed by atoms with E-state index >= 15 is 0 Å². The molecule has 0 atom stereocenters. The van der Waals surface area contributed by atoms with Gasteiger partial charge in [-0.2, -0.15) is 0 Å². The van der Waals surface area contributed by atoms with E-state index in [9.17, 15) is 4.79 Å². The molecule has 0 N–H and O–H groups in total. The molecule has 1 saturated carbocycles. The Balaban J connectivity index is 1.70. The van der Waals surface area contributed by atoms with Gasteiger partial charge in [-0.05, 0) is 82.9 Å². The van der Waals surface area contributed by atoms with Gasteiger partial charge in [0.25, 0.3) is 0 Å². The normalized spacial score (nSPS) is 20.5. The van der Waals surface area contributed by atoms with Crippen LogP contribution in [0.4, 0.5) is 4.79 Å². The van der Waals surface area contributed by atoms with Crippen LogP contribution in [0.25, 0.3) is 0 Å². The third-order valence-electron chi connectivity index (χ3n) is 5.14. The number of amides is 1. The van der Waals surface area contributed by atoms with Crippen LogP contribution in [-0.2, 0) is 0 Å². The lowest BCUT2D eigenvalue weighted by Gasteiger charge is -2.34. The van der Waals surface area contributed by atoms with Crippen molar-refractivity contribution in [1.29, 1.82) is 0 Å². The van der Waals surface area contributed by atoms with Crippen LogP contribution >= 0.6 is 15.9 Å². The lowest BCUT2D eigenvalue weighted by atomic mass is 9.82. The summed E-state index contributed by atoms with van der Waals surface area (Å²) in [5, 5.41) is 0. The quantitative estimate of drug-likeness (QED) is 0.581. The molecule has 4 nitrogen and oxygen atoms in total. The molecular formula is C20H31BrN2O2. The van der Waals surface area contributed by atoms with Gasteiger partial charge in [-0.15, -0.1) is 0 Å². The number of halogens is 1. The van der Waals surface area contributed by atoms with Gasteiger partial charge in [-0.3, -0.25) is 0 Å². The maximum absolute atomic E-state index is 12.3. The Kier molecular flexibility index (Phi) is 8.24. The summed E-state index contributed by atoms with van der Waals surface area (Å²) in [6.07, 6.45) is 8.30. The van der Waals surface area contributed by atoms with Gasteiger partial charge >= 0.3 is 6.09 Å². The molecule has 1 aliphatic carbocycles. The average Bonchev–Trinajstić information content (AvgIpc) is 2.60. The highest BCUT2D eigenvalue weighted by atomic mass is 79.9. The van der Waals surface area contributed by atoms with E-state index in [-0.39, 0.29) is 6.09 Å². The molecule has 5 heteroatoms. The molecule has 0 spiro atoms. The summed E-state index contributed by atoms with van der Waals surface area (Å²) in [4.78, 5) is 16.4. The highest BCUT2D eigenvalue weighted by Crippen LogP contribution is 2.31. The predicted octanol–water partition coefficient (Wildman–Crippen LogP) is 5.17. The Bertz CT molecular complexity index is 525. The first kappa shape index (κ1) is 20.2. The van der Waals surface area contributed by atoms with Gasteiger partial charge < -0.3 is 14.5 Å². The number of ether oxygens (including phenoxy) is 1. The Hall–Kier alpha value is -1.07. The van der Waals surface area contributed by atoms with Crippen LogP contribution in [0.1, 0.15) is 44.9 Å². The molecule has 1 aromatic rings. The maximum atomic E-state index is 12.3. The second-order valence-corrected chi connectivity index (χ2v) is 8.32. The molecule has 140 valence electrons. The molecule has 1 aromatic carbocycles. The topological polar surface area (TPSA) is 32.8 Å². The lowest BCUT2D eigenvalue weighted by Crippen LogP contribution is -2.41. The summed E-state index contributed by atoms with van der Waals surface area (Å²) in [6.45, 7) is 1.18. The van der Waals surface area contributed by atoms with E-state index in [1.165, 1.54) is 38.6 Å². The molecule has 0 unspecified atom stereocenters. The summed E-state index contributed by atoms with van der Waals surface area (Å²) in [6, 6.07) is 7.68. The van der Waals surface area contributed by atoms with Crippen molar-refractivity contribution >= 4 is 22.0 Å². The molecular weight excluding hydrogens is 380 g/mol.